The van der Waals surface area contributed by atoms with Crippen molar-refractivity contribution < 1.29 is 27.4 Å². The third-order valence-corrected chi connectivity index (χ3v) is 7.08. The molecule has 0 radical (unpaired) electrons. The second-order valence-corrected chi connectivity index (χ2v) is 9.34. The summed E-state index contributed by atoms with van der Waals surface area (Å²) in [4.78, 5) is 37.0. The summed E-state index contributed by atoms with van der Waals surface area (Å²) in [5.41, 5.74) is -1.63. The first-order valence-corrected chi connectivity index (χ1v) is 11.9. The Labute approximate surface area is 210 Å². The van der Waals surface area contributed by atoms with Crippen LogP contribution in [0.3, 0.4) is 0 Å². The van der Waals surface area contributed by atoms with Crippen LogP contribution < -0.4 is 10.9 Å². The highest BCUT2D eigenvalue weighted by Crippen LogP contribution is 2.32. The maximum atomic E-state index is 14.8. The number of nitrogens with zero attached hydrogens (tertiary/aromatic N) is 4. The fourth-order valence-electron chi connectivity index (χ4n) is 5.01. The van der Waals surface area contributed by atoms with E-state index in [9.17, 15) is 22.8 Å². The normalized spacial score (nSPS) is 20.6. The van der Waals surface area contributed by atoms with Crippen LogP contribution in [0.5, 0.6) is 0 Å². The number of hydrogen-bond acceptors (Lipinski definition) is 7. The van der Waals surface area contributed by atoms with Gasteiger partial charge in [0.2, 0.25) is 0 Å². The third kappa shape index (κ3) is 4.33. The minimum absolute atomic E-state index is 0.0298. The molecule has 2 fully saturated rings. The summed E-state index contributed by atoms with van der Waals surface area (Å²) in [5, 5.41) is 3.39. The van der Waals surface area contributed by atoms with E-state index in [0.717, 1.165) is 6.07 Å². The topological polar surface area (TPSA) is 98.6 Å². The van der Waals surface area contributed by atoms with E-state index in [1.54, 1.807) is 11.8 Å². The zero-order valence-electron chi connectivity index (χ0n) is 20.3. The van der Waals surface area contributed by atoms with Crippen molar-refractivity contribution in [3.63, 3.8) is 0 Å². The summed E-state index contributed by atoms with van der Waals surface area (Å²) in [6.07, 6.45) is -1.12. The summed E-state index contributed by atoms with van der Waals surface area (Å²) in [7, 11) is 1.50. The zero-order valence-corrected chi connectivity index (χ0v) is 20.3. The Balaban J connectivity index is 1.55. The van der Waals surface area contributed by atoms with Crippen molar-refractivity contribution in [3.05, 3.63) is 63.5 Å². The highest BCUT2D eigenvalue weighted by Gasteiger charge is 2.46. The number of amides is 1. The molecule has 0 bridgehead atoms. The average Bonchev–Trinajstić information content (AvgIpc) is 3.34. The van der Waals surface area contributed by atoms with Crippen LogP contribution in [0.15, 0.2) is 35.4 Å². The van der Waals surface area contributed by atoms with Gasteiger partial charge in [-0.2, -0.15) is 0 Å². The lowest BCUT2D eigenvalue weighted by Gasteiger charge is -2.43. The third-order valence-electron chi connectivity index (χ3n) is 7.08. The zero-order chi connectivity index (χ0) is 26.3. The van der Waals surface area contributed by atoms with Gasteiger partial charge < -0.3 is 19.7 Å². The van der Waals surface area contributed by atoms with Crippen molar-refractivity contribution in [1.29, 1.82) is 0 Å². The van der Waals surface area contributed by atoms with E-state index < -0.39 is 40.9 Å². The number of aryl methyl sites for hydroxylation is 1. The standard InChI is InChI=1S/C25H26F3N5O4/c1-14(15-4-3-5-16(19(15)26)20(27)28)31-21-17-10-18(23(34)32(2)22(17)30-13-29-21)24(35)33-7-9-37-12-25(33)6-8-36-11-25/h3-5,10,13-14,20H,6-9,11-12H2,1-2H3,(H,29,30,31)/t14-,25?/m1/s1. The van der Waals surface area contributed by atoms with Crippen LogP contribution in [0.2, 0.25) is 0 Å². The number of halogens is 3. The van der Waals surface area contributed by atoms with Crippen LogP contribution >= 0.6 is 0 Å². The molecule has 1 aromatic carbocycles. The Kier molecular flexibility index (Phi) is 6.63. The number of hydrogen-bond donors (Lipinski definition) is 1. The Bertz CT molecular complexity index is 1410. The SMILES string of the molecule is C[C@@H](Nc1ncnc2c1cc(C(=O)N1CCOCC13CCOC3)c(=O)n2C)c1cccc(C(F)F)c1F. The van der Waals surface area contributed by atoms with Gasteiger partial charge in [-0.1, -0.05) is 18.2 Å². The van der Waals surface area contributed by atoms with Crippen molar-refractivity contribution >= 4 is 22.8 Å². The maximum Gasteiger partial charge on any atom is 0.266 e. The molecule has 37 heavy (non-hydrogen) atoms. The molecule has 2 atom stereocenters. The number of carbonyl (C=O) groups excluding carboxylic acids is 1. The lowest BCUT2D eigenvalue weighted by Crippen LogP contribution is -2.60. The van der Waals surface area contributed by atoms with E-state index in [4.69, 9.17) is 9.47 Å². The van der Waals surface area contributed by atoms with Crippen LogP contribution in [0.25, 0.3) is 11.0 Å². The van der Waals surface area contributed by atoms with Gasteiger partial charge in [0, 0.05) is 25.8 Å². The van der Waals surface area contributed by atoms with Crippen molar-refractivity contribution in [1.82, 2.24) is 19.4 Å². The van der Waals surface area contributed by atoms with E-state index in [2.05, 4.69) is 15.3 Å². The van der Waals surface area contributed by atoms with Gasteiger partial charge in [0.1, 0.15) is 29.2 Å². The number of ether oxygens (including phenoxy) is 2. The van der Waals surface area contributed by atoms with Crippen LogP contribution in [-0.2, 0) is 16.5 Å². The number of carbonyl (C=O) groups is 1. The van der Waals surface area contributed by atoms with Gasteiger partial charge in [0.25, 0.3) is 17.9 Å². The van der Waals surface area contributed by atoms with E-state index >= 15 is 0 Å². The predicted molar refractivity (Wildman–Crippen MR) is 128 cm³/mol. The first kappa shape index (κ1) is 25.2. The Hall–Kier alpha value is -3.51. The Morgan fingerprint density at radius 2 is 1.89 bits per heavy atom. The van der Waals surface area contributed by atoms with E-state index in [1.165, 1.54) is 36.1 Å². The number of nitrogens with one attached hydrogen (secondary N) is 1. The number of pyridine rings is 1. The number of alkyl halides is 2. The Morgan fingerprint density at radius 1 is 1.16 bits per heavy atom. The summed E-state index contributed by atoms with van der Waals surface area (Å²) >= 11 is 0. The average molecular weight is 518 g/mol. The second-order valence-electron chi connectivity index (χ2n) is 9.34. The minimum Gasteiger partial charge on any atom is -0.379 e. The monoisotopic (exact) mass is 517 g/mol. The van der Waals surface area contributed by atoms with Gasteiger partial charge in [0.05, 0.1) is 42.4 Å². The molecule has 12 heteroatoms. The first-order valence-electron chi connectivity index (χ1n) is 11.9. The molecule has 2 saturated heterocycles. The van der Waals surface area contributed by atoms with Crippen molar-refractivity contribution in [3.8, 4) is 0 Å². The lowest BCUT2D eigenvalue weighted by molar-refractivity contribution is -0.0551. The summed E-state index contributed by atoms with van der Waals surface area (Å²) in [6.45, 7) is 3.40. The molecule has 2 aliphatic rings. The first-order chi connectivity index (χ1) is 17.7. The summed E-state index contributed by atoms with van der Waals surface area (Å²) in [6, 6.07) is 4.49. The van der Waals surface area contributed by atoms with Gasteiger partial charge in [0.15, 0.2) is 0 Å². The number of fused-ring (bicyclic) bond motifs is 1. The molecule has 1 spiro atoms. The number of anilines is 1. The summed E-state index contributed by atoms with van der Waals surface area (Å²) < 4.78 is 53.6. The molecule has 2 aromatic heterocycles. The molecular weight excluding hydrogens is 491 g/mol. The van der Waals surface area contributed by atoms with Gasteiger partial charge >= 0.3 is 0 Å². The minimum atomic E-state index is -2.95. The van der Waals surface area contributed by atoms with Gasteiger partial charge in [-0.15, -0.1) is 0 Å². The van der Waals surface area contributed by atoms with Crippen molar-refractivity contribution in [2.24, 2.45) is 7.05 Å². The lowest BCUT2D eigenvalue weighted by atomic mass is 9.94. The van der Waals surface area contributed by atoms with E-state index in [1.807, 2.05) is 0 Å². The molecule has 4 heterocycles. The number of aromatic nitrogens is 3. The molecule has 2 aliphatic heterocycles. The van der Waals surface area contributed by atoms with E-state index in [-0.39, 0.29) is 22.6 Å². The molecule has 1 amide bonds. The van der Waals surface area contributed by atoms with Crippen LogP contribution in [-0.4, -0.2) is 63.9 Å². The highest BCUT2D eigenvalue weighted by molar-refractivity contribution is 5.99. The largest absolute Gasteiger partial charge is 0.379 e. The highest BCUT2D eigenvalue weighted by atomic mass is 19.3. The van der Waals surface area contributed by atoms with Gasteiger partial charge in [-0.25, -0.2) is 23.1 Å². The maximum absolute atomic E-state index is 14.8. The predicted octanol–water partition coefficient (Wildman–Crippen LogP) is 3.21. The quantitative estimate of drug-likeness (QED) is 0.555. The number of benzene rings is 1. The Morgan fingerprint density at radius 3 is 2.62 bits per heavy atom. The molecule has 1 unspecified atom stereocenters. The second kappa shape index (κ2) is 9.75. The molecule has 0 saturated carbocycles. The smallest absolute Gasteiger partial charge is 0.266 e. The van der Waals surface area contributed by atoms with Crippen LogP contribution in [0.4, 0.5) is 19.0 Å². The number of rotatable bonds is 5. The fourth-order valence-corrected chi connectivity index (χ4v) is 5.01. The van der Waals surface area contributed by atoms with Crippen LogP contribution in [0.1, 0.15) is 47.3 Å². The molecule has 1 N–H and O–H groups in total. The molecular formula is C25H26F3N5O4. The molecule has 196 valence electrons. The molecule has 0 aliphatic carbocycles. The van der Waals surface area contributed by atoms with Gasteiger partial charge in [-0.05, 0) is 19.4 Å². The molecule has 3 aromatic rings. The fraction of sp³-hybridized carbons (Fsp3) is 0.440. The van der Waals surface area contributed by atoms with Crippen molar-refractivity contribution in [2.75, 3.05) is 38.3 Å². The summed E-state index contributed by atoms with van der Waals surface area (Å²) in [5.74, 6) is -1.23. The molecule has 9 nitrogen and oxygen atoms in total. The van der Waals surface area contributed by atoms with Crippen molar-refractivity contribution in [2.45, 2.75) is 31.4 Å². The molecule has 5 rings (SSSR count). The van der Waals surface area contributed by atoms with E-state index in [0.29, 0.717) is 44.8 Å². The van der Waals surface area contributed by atoms with Crippen LogP contribution in [0, 0.1) is 5.82 Å². The number of morpholine rings is 1. The van der Waals surface area contributed by atoms with Gasteiger partial charge in [-0.3, -0.25) is 14.2 Å².